The molecule has 2 rings (SSSR count). The van der Waals surface area contributed by atoms with Crippen molar-refractivity contribution in [3.63, 3.8) is 0 Å². The molecule has 0 fully saturated rings. The first kappa shape index (κ1) is 12.6. The molecule has 0 bridgehead atoms. The topological polar surface area (TPSA) is 48.1 Å². The van der Waals surface area contributed by atoms with Crippen molar-refractivity contribution in [2.45, 2.75) is 32.2 Å². The van der Waals surface area contributed by atoms with Crippen LogP contribution in [0.25, 0.3) is 10.9 Å². The van der Waals surface area contributed by atoms with Gasteiger partial charge in [0.25, 0.3) is 0 Å². The predicted octanol–water partition coefficient (Wildman–Crippen LogP) is 3.17. The van der Waals surface area contributed by atoms with E-state index in [9.17, 15) is 10.1 Å². The first-order chi connectivity index (χ1) is 8.48. The van der Waals surface area contributed by atoms with E-state index in [-0.39, 0.29) is 4.92 Å². The number of aryl methyl sites for hydroxylation is 1. The molecule has 0 N–H and O–H groups in total. The molecular formula is C14H18N2O2. The van der Waals surface area contributed by atoms with Crippen LogP contribution in [0, 0.1) is 10.1 Å². The summed E-state index contributed by atoms with van der Waals surface area (Å²) < 4.78 is 2.03. The lowest BCUT2D eigenvalue weighted by Crippen LogP contribution is -2.36. The summed E-state index contributed by atoms with van der Waals surface area (Å²) >= 11 is 0. The van der Waals surface area contributed by atoms with Crippen LogP contribution in [-0.4, -0.2) is 15.0 Å². The zero-order valence-corrected chi connectivity index (χ0v) is 11.0. The van der Waals surface area contributed by atoms with E-state index in [1.54, 1.807) is 6.92 Å². The van der Waals surface area contributed by atoms with Crippen LogP contribution in [-0.2, 0) is 13.5 Å². The third-order valence-corrected chi connectivity index (χ3v) is 3.75. The number of aromatic nitrogens is 1. The summed E-state index contributed by atoms with van der Waals surface area (Å²) in [6.45, 7) is 3.59. The Kier molecular flexibility index (Phi) is 3.11. The summed E-state index contributed by atoms with van der Waals surface area (Å²) in [5, 5.41) is 12.3. The molecule has 1 atom stereocenters. The van der Waals surface area contributed by atoms with Gasteiger partial charge in [-0.15, -0.1) is 0 Å². The van der Waals surface area contributed by atoms with Crippen molar-refractivity contribution in [1.29, 1.82) is 0 Å². The Morgan fingerprint density at radius 3 is 2.67 bits per heavy atom. The highest BCUT2D eigenvalue weighted by atomic mass is 16.6. The van der Waals surface area contributed by atoms with Crippen LogP contribution in [0.1, 0.15) is 25.8 Å². The standard InChI is InChI=1S/C14H18N2O2/c1-4-14(2,16(17)18)9-11-10-15(3)13-8-6-5-7-12(11)13/h5-8,10H,4,9H2,1-3H3. The summed E-state index contributed by atoms with van der Waals surface area (Å²) in [6, 6.07) is 8.02. The predicted molar refractivity (Wildman–Crippen MR) is 72.3 cm³/mol. The van der Waals surface area contributed by atoms with Crippen molar-refractivity contribution in [1.82, 2.24) is 4.57 Å². The van der Waals surface area contributed by atoms with Gasteiger partial charge in [0.2, 0.25) is 5.54 Å². The number of fused-ring (bicyclic) bond motifs is 1. The molecule has 0 aliphatic heterocycles. The lowest BCUT2D eigenvalue weighted by molar-refractivity contribution is -0.565. The highest BCUT2D eigenvalue weighted by Gasteiger charge is 2.35. The van der Waals surface area contributed by atoms with Crippen LogP contribution in [0.15, 0.2) is 30.5 Å². The zero-order chi connectivity index (χ0) is 13.3. The first-order valence-corrected chi connectivity index (χ1v) is 6.15. The van der Waals surface area contributed by atoms with Gasteiger partial charge in [-0.2, -0.15) is 0 Å². The number of para-hydroxylation sites is 1. The quantitative estimate of drug-likeness (QED) is 0.614. The molecule has 0 spiro atoms. The van der Waals surface area contributed by atoms with Gasteiger partial charge in [-0.25, -0.2) is 0 Å². The van der Waals surface area contributed by atoms with Crippen LogP contribution < -0.4 is 0 Å². The molecule has 1 aromatic carbocycles. The van der Waals surface area contributed by atoms with E-state index in [4.69, 9.17) is 0 Å². The molecule has 0 saturated carbocycles. The fraction of sp³-hybridized carbons (Fsp3) is 0.429. The number of nitro groups is 1. The van der Waals surface area contributed by atoms with E-state index < -0.39 is 5.54 Å². The third kappa shape index (κ3) is 1.98. The maximum atomic E-state index is 11.2. The molecule has 4 heteroatoms. The Balaban J connectivity index is 2.47. The summed E-state index contributed by atoms with van der Waals surface area (Å²) in [5.41, 5.74) is 1.29. The van der Waals surface area contributed by atoms with Gasteiger partial charge in [0.05, 0.1) is 0 Å². The molecule has 2 aromatic rings. The SMILES string of the molecule is CCC(C)(Cc1cn(C)c2ccccc12)[N+](=O)[O-]. The summed E-state index contributed by atoms with van der Waals surface area (Å²) in [5.74, 6) is 0. The fourth-order valence-electron chi connectivity index (χ4n) is 2.30. The minimum atomic E-state index is -0.885. The number of rotatable bonds is 4. The lowest BCUT2D eigenvalue weighted by atomic mass is 9.91. The lowest BCUT2D eigenvalue weighted by Gasteiger charge is -2.18. The Morgan fingerprint density at radius 1 is 1.39 bits per heavy atom. The average molecular weight is 246 g/mol. The fourth-order valence-corrected chi connectivity index (χ4v) is 2.30. The van der Waals surface area contributed by atoms with Crippen LogP contribution in [0.2, 0.25) is 0 Å². The normalized spacial score (nSPS) is 14.6. The smallest absolute Gasteiger partial charge is 0.223 e. The molecule has 96 valence electrons. The summed E-state index contributed by atoms with van der Waals surface area (Å²) in [6.07, 6.45) is 3.00. The van der Waals surface area contributed by atoms with Crippen molar-refractivity contribution in [2.24, 2.45) is 7.05 Å². The Hall–Kier alpha value is -1.84. The second-order valence-corrected chi connectivity index (χ2v) is 5.07. The maximum absolute atomic E-state index is 11.2. The number of hydrogen-bond donors (Lipinski definition) is 0. The largest absolute Gasteiger partial charge is 0.350 e. The molecule has 1 aromatic heterocycles. The highest BCUT2D eigenvalue weighted by molar-refractivity contribution is 5.83. The van der Waals surface area contributed by atoms with Crippen LogP contribution in [0.5, 0.6) is 0 Å². The maximum Gasteiger partial charge on any atom is 0.223 e. The highest BCUT2D eigenvalue weighted by Crippen LogP contribution is 2.27. The Bertz CT molecular complexity index is 588. The van der Waals surface area contributed by atoms with Gasteiger partial charge in [-0.05, 0) is 11.6 Å². The van der Waals surface area contributed by atoms with Crippen molar-refractivity contribution in [3.8, 4) is 0 Å². The van der Waals surface area contributed by atoms with Crippen LogP contribution in [0.3, 0.4) is 0 Å². The van der Waals surface area contributed by atoms with Gasteiger partial charge in [-0.1, -0.05) is 25.1 Å². The molecule has 0 radical (unpaired) electrons. The minimum absolute atomic E-state index is 0.158. The van der Waals surface area contributed by atoms with Gasteiger partial charge in [0, 0.05) is 48.8 Å². The second-order valence-electron chi connectivity index (χ2n) is 5.07. The van der Waals surface area contributed by atoms with E-state index in [1.165, 1.54) is 0 Å². The van der Waals surface area contributed by atoms with Gasteiger partial charge in [0.15, 0.2) is 0 Å². The average Bonchev–Trinajstić information content (AvgIpc) is 2.66. The number of hydrogen-bond acceptors (Lipinski definition) is 2. The molecule has 1 heterocycles. The summed E-state index contributed by atoms with van der Waals surface area (Å²) in [7, 11) is 1.97. The van der Waals surface area contributed by atoms with E-state index in [1.807, 2.05) is 49.0 Å². The second kappa shape index (κ2) is 4.44. The van der Waals surface area contributed by atoms with E-state index in [0.717, 1.165) is 16.5 Å². The molecular weight excluding hydrogens is 228 g/mol. The van der Waals surface area contributed by atoms with Crippen molar-refractivity contribution >= 4 is 10.9 Å². The van der Waals surface area contributed by atoms with Gasteiger partial charge >= 0.3 is 0 Å². The van der Waals surface area contributed by atoms with Crippen molar-refractivity contribution in [2.75, 3.05) is 0 Å². The van der Waals surface area contributed by atoms with E-state index >= 15 is 0 Å². The van der Waals surface area contributed by atoms with Gasteiger partial charge < -0.3 is 4.57 Å². The third-order valence-electron chi connectivity index (χ3n) is 3.75. The van der Waals surface area contributed by atoms with Crippen LogP contribution >= 0.6 is 0 Å². The van der Waals surface area contributed by atoms with E-state index in [0.29, 0.717) is 12.8 Å². The summed E-state index contributed by atoms with van der Waals surface area (Å²) in [4.78, 5) is 11.0. The molecule has 0 amide bonds. The minimum Gasteiger partial charge on any atom is -0.350 e. The van der Waals surface area contributed by atoms with E-state index in [2.05, 4.69) is 0 Å². The van der Waals surface area contributed by atoms with Crippen molar-refractivity contribution in [3.05, 3.63) is 46.1 Å². The zero-order valence-electron chi connectivity index (χ0n) is 11.0. The monoisotopic (exact) mass is 246 g/mol. The molecule has 0 saturated heterocycles. The molecule has 0 aliphatic carbocycles. The first-order valence-electron chi connectivity index (χ1n) is 6.15. The van der Waals surface area contributed by atoms with Crippen molar-refractivity contribution < 1.29 is 4.92 Å². The van der Waals surface area contributed by atoms with Gasteiger partial charge in [-0.3, -0.25) is 10.1 Å². The molecule has 0 aliphatic rings. The van der Waals surface area contributed by atoms with Gasteiger partial charge in [0.1, 0.15) is 0 Å². The van der Waals surface area contributed by atoms with Crippen LogP contribution in [0.4, 0.5) is 0 Å². The number of nitrogens with zero attached hydrogens (tertiary/aromatic N) is 2. The molecule has 18 heavy (non-hydrogen) atoms. The molecule has 1 unspecified atom stereocenters. The Morgan fingerprint density at radius 2 is 2.06 bits per heavy atom. The Labute approximate surface area is 106 Å². The number of benzene rings is 1. The molecule has 4 nitrogen and oxygen atoms in total.